The number of nitrogens with one attached hydrogen (secondary N) is 4. The number of allylic oxidation sites excluding steroid dienone is 4. The van der Waals surface area contributed by atoms with Crippen molar-refractivity contribution in [1.29, 1.82) is 0 Å². The summed E-state index contributed by atoms with van der Waals surface area (Å²) in [6.45, 7) is 7.33. The number of epoxide rings is 2. The number of nitrogens with zero attached hydrogens (tertiary/aromatic N) is 12. The Morgan fingerprint density at radius 2 is 0.917 bits per heavy atom. The SMILES string of the molecule is C[Si](C)(C)OC[C@@]1(OS(C)(=O)=O)C=C[C@H](n2cnc3c(=O)[nH]c(N)nc32)C1.Nc1nc2c(ncn2[C@H]2C=C[C@@]3(CO3)C2)c(=O)[nH]1.Nc1nc2c(ncn2[C@H]2C=C[C@](O)(CO)C2)c(=O)[nH]1.Nc1nc2c(ncn2[C@H]2C=C[C@]3(CO3)C2)c(=O)[nH]1.[K+].[OH-]. The van der Waals surface area contributed by atoms with Crippen LogP contribution in [0.25, 0.3) is 44.7 Å². The number of hydrogen-bond acceptors (Lipinski definition) is 25. The summed E-state index contributed by atoms with van der Waals surface area (Å²) in [5.41, 5.74) is 21.0. The Balaban J connectivity index is 0.000000135. The van der Waals surface area contributed by atoms with E-state index in [2.05, 4.69) is 84.1 Å². The molecular weight excluding hydrogens is 1160 g/mol. The van der Waals surface area contributed by atoms with E-state index in [0.29, 0.717) is 46.5 Å². The Kier molecular flexibility index (Phi) is 16.7. The molecule has 6 aliphatic rings. The number of H-pyrrole nitrogens is 4. The molecule has 15 N–H and O–H groups in total. The minimum atomic E-state index is -3.71. The first kappa shape index (κ1) is 61.6. The third kappa shape index (κ3) is 12.8. The van der Waals surface area contributed by atoms with Gasteiger partial charge in [-0.1, -0.05) is 48.6 Å². The standard InChI is InChI=1S/C15H23N5O5SSi.C11H13N5O3.2C11H11N5O2.K.H2O/c1-26(22,23)25-15(8-24-27(2,3)4)6-5-10(7-15)20-9-17-11-12(20)18-14(16)19-13(11)21;12-10-14-8-7(9(18)15-10)13-5-16(8)6-1-2-11(19,3-6)4-17;2*12-10-14-8-7(9(17)15-10)13-5-16(8)6-1-2-11(3-6)4-18-11;;/h5-6,9-10H,7-8H2,1-4H3,(H3,16,18,19,21);1-2,5-6,17,19H,3-4H2,(H3,12,14,15,18);2*1-2,5-6H,3-4H2,(H3,12,14,15,17);;1H2/q;;;;+1;/p-1/t10-,15+;2*6-,11+;6-,11-;;/m0000../s1. The number of aliphatic hydroxyl groups excluding tert-OH is 1. The largest absolute Gasteiger partial charge is 1.00 e. The van der Waals surface area contributed by atoms with E-state index >= 15 is 0 Å². The van der Waals surface area contributed by atoms with Crippen LogP contribution in [-0.2, 0) is 28.2 Å². The van der Waals surface area contributed by atoms with Gasteiger partial charge in [-0.3, -0.25) is 43.3 Å². The molecule has 0 aromatic carbocycles. The van der Waals surface area contributed by atoms with Gasteiger partial charge in [-0.2, -0.15) is 28.4 Å². The quantitative estimate of drug-likeness (QED) is 0.0274. The first-order chi connectivity index (χ1) is 38.7. The second kappa shape index (κ2) is 22.8. The summed E-state index contributed by atoms with van der Waals surface area (Å²) >= 11 is 0. The molecule has 440 valence electrons. The van der Waals surface area contributed by atoms with Crippen LogP contribution in [0.5, 0.6) is 0 Å². The Bertz CT molecular complexity index is 4200. The van der Waals surface area contributed by atoms with E-state index in [1.807, 2.05) is 28.8 Å². The third-order valence-corrected chi connectivity index (χ3v) is 16.0. The second-order valence-corrected chi connectivity index (χ2v) is 27.9. The average molecular weight is 1220 g/mol. The molecule has 2 aliphatic heterocycles. The predicted molar refractivity (Wildman–Crippen MR) is 301 cm³/mol. The van der Waals surface area contributed by atoms with Crippen molar-refractivity contribution >= 4 is 86.9 Å². The average Bonchev–Trinajstić information content (AvgIpc) is 1.99. The molecule has 10 heterocycles. The second-order valence-electron chi connectivity index (χ2n) is 21.8. The van der Waals surface area contributed by atoms with Gasteiger partial charge < -0.3 is 70.8 Å². The van der Waals surface area contributed by atoms with Crippen LogP contribution in [0.3, 0.4) is 0 Å². The molecule has 8 aromatic heterocycles. The van der Waals surface area contributed by atoms with Crippen molar-refractivity contribution < 1.29 is 93.6 Å². The smallest absolute Gasteiger partial charge is 0.870 e. The number of hydrogen-bond donors (Lipinski definition) is 10. The Morgan fingerprint density at radius 3 is 1.21 bits per heavy atom. The van der Waals surface area contributed by atoms with Crippen molar-refractivity contribution in [2.45, 2.75) is 91.9 Å². The van der Waals surface area contributed by atoms with E-state index in [0.717, 1.165) is 32.3 Å². The van der Waals surface area contributed by atoms with Gasteiger partial charge in [-0.15, -0.1) is 0 Å². The van der Waals surface area contributed by atoms with Crippen LogP contribution in [0.2, 0.25) is 19.6 Å². The minimum Gasteiger partial charge on any atom is -0.870 e. The summed E-state index contributed by atoms with van der Waals surface area (Å²) in [6, 6.07) is -0.302. The van der Waals surface area contributed by atoms with Crippen molar-refractivity contribution in [3.8, 4) is 0 Å². The fraction of sp³-hybridized carbons (Fsp3) is 0.417. The number of fused-ring (bicyclic) bond motifs is 4. The number of imidazole rings is 4. The van der Waals surface area contributed by atoms with Crippen molar-refractivity contribution in [1.82, 2.24) is 78.1 Å². The predicted octanol–water partition coefficient (Wildman–Crippen LogP) is -3.53. The Labute approximate surface area is 517 Å². The van der Waals surface area contributed by atoms with E-state index < -0.39 is 40.8 Å². The fourth-order valence-corrected chi connectivity index (χ4v) is 11.6. The first-order valence-corrected chi connectivity index (χ1v) is 30.8. The van der Waals surface area contributed by atoms with Gasteiger partial charge in [0.05, 0.1) is 82.2 Å². The number of rotatable bonds is 10. The van der Waals surface area contributed by atoms with Crippen molar-refractivity contribution in [3.05, 3.63) is 115 Å². The maximum absolute atomic E-state index is 12.0. The number of ether oxygens (including phenoxy) is 2. The number of nitrogens with two attached hydrogens (primary N) is 4. The number of aromatic nitrogens is 16. The maximum atomic E-state index is 12.0. The minimum absolute atomic E-state index is 0. The van der Waals surface area contributed by atoms with Gasteiger partial charge in [0.25, 0.3) is 32.4 Å². The van der Waals surface area contributed by atoms with Gasteiger partial charge >= 0.3 is 51.4 Å². The molecule has 0 amide bonds. The normalized spacial score (nSPS) is 26.1. The van der Waals surface area contributed by atoms with Crippen LogP contribution in [0.15, 0.2) is 93.1 Å². The molecule has 4 aliphatic carbocycles. The van der Waals surface area contributed by atoms with Crippen molar-refractivity contribution in [3.63, 3.8) is 0 Å². The Hall–Kier alpha value is -6.92. The van der Waals surface area contributed by atoms with Crippen LogP contribution < -0.4 is 96.6 Å². The monoisotopic (exact) mass is 1220 g/mol. The molecule has 33 nitrogen and oxygen atoms in total. The molecule has 36 heteroatoms. The summed E-state index contributed by atoms with van der Waals surface area (Å²) in [5.74, 6) is 0.206. The third-order valence-electron chi connectivity index (χ3n) is 14.3. The molecule has 2 spiro atoms. The molecule has 2 saturated heterocycles. The molecule has 0 bridgehead atoms. The molecule has 14 rings (SSSR count). The van der Waals surface area contributed by atoms with Gasteiger partial charge in [0.1, 0.15) is 22.4 Å². The van der Waals surface area contributed by atoms with E-state index in [4.69, 9.17) is 46.1 Å². The molecule has 0 radical (unpaired) electrons. The zero-order valence-electron chi connectivity index (χ0n) is 45.9. The number of aromatic amines is 4. The summed E-state index contributed by atoms with van der Waals surface area (Å²) in [7, 11) is -5.61. The number of aliphatic hydroxyl groups is 2. The van der Waals surface area contributed by atoms with Crippen LogP contribution >= 0.6 is 0 Å². The molecule has 0 saturated carbocycles. The summed E-state index contributed by atoms with van der Waals surface area (Å²) in [4.78, 5) is 89.4. The van der Waals surface area contributed by atoms with Gasteiger partial charge in [0, 0.05) is 25.7 Å². The van der Waals surface area contributed by atoms with E-state index in [9.17, 15) is 32.7 Å². The topological polar surface area (TPSA) is 506 Å². The summed E-state index contributed by atoms with van der Waals surface area (Å²) in [6.07, 6.45) is 24.6. The molecule has 2 fully saturated rings. The zero-order valence-corrected chi connectivity index (χ0v) is 50.8. The Morgan fingerprint density at radius 1 is 0.595 bits per heavy atom. The summed E-state index contributed by atoms with van der Waals surface area (Å²) < 4.78 is 52.9. The maximum Gasteiger partial charge on any atom is 1.00 e. The van der Waals surface area contributed by atoms with Crippen LogP contribution in [0, 0.1) is 0 Å². The number of nitrogen functional groups attached to an aromatic ring is 4. The van der Waals surface area contributed by atoms with Crippen molar-refractivity contribution in [2.75, 3.05) is 55.6 Å². The van der Waals surface area contributed by atoms with Crippen molar-refractivity contribution in [2.24, 2.45) is 0 Å². The summed E-state index contributed by atoms with van der Waals surface area (Å²) in [5, 5.41) is 19.1. The molecule has 84 heavy (non-hydrogen) atoms. The van der Waals surface area contributed by atoms with E-state index in [1.165, 1.54) is 12.7 Å². The van der Waals surface area contributed by atoms with Crippen LogP contribution in [0.4, 0.5) is 23.8 Å². The van der Waals surface area contributed by atoms with Gasteiger partial charge in [-0.25, -0.2) is 19.9 Å². The number of anilines is 4. The molecule has 0 unspecified atom stereocenters. The zero-order chi connectivity index (χ0) is 58.3. The van der Waals surface area contributed by atoms with Gasteiger partial charge in [0.2, 0.25) is 23.8 Å². The van der Waals surface area contributed by atoms with Crippen LogP contribution in [0.1, 0.15) is 49.9 Å². The first-order valence-electron chi connectivity index (χ1n) is 25.6. The van der Waals surface area contributed by atoms with Gasteiger partial charge in [0.15, 0.2) is 53.0 Å². The van der Waals surface area contributed by atoms with Gasteiger partial charge in [-0.05, 0) is 19.6 Å². The molecule has 8 atom stereocenters. The molecular formula is C48H59KN20O13SSi. The fourth-order valence-electron chi connectivity index (χ4n) is 10.2. The van der Waals surface area contributed by atoms with Crippen LogP contribution in [-0.4, -0.2) is 166 Å². The molecule has 8 aromatic rings. The van der Waals surface area contributed by atoms with E-state index in [1.54, 1.807) is 46.1 Å². The van der Waals surface area contributed by atoms with E-state index in [-0.39, 0.29) is 151 Å².